The number of pyridine rings is 1. The maximum absolute atomic E-state index is 13.8. The Kier molecular flexibility index (Phi) is 9.37. The monoisotopic (exact) mass is 516 g/mol. The third kappa shape index (κ3) is 6.45. The molecule has 186 valence electrons. The maximum atomic E-state index is 13.8. The molecule has 1 aromatic heterocycles. The number of fused-ring (bicyclic) bond motifs is 1. The number of aromatic nitrogens is 1. The van der Waals surface area contributed by atoms with Gasteiger partial charge in [-0.1, -0.05) is 29.8 Å². The average molecular weight is 517 g/mol. The topological polar surface area (TPSA) is 57.7 Å². The predicted molar refractivity (Wildman–Crippen MR) is 142 cm³/mol. The minimum absolute atomic E-state index is 0. The number of ether oxygens (including phenoxy) is 1. The fourth-order valence-electron chi connectivity index (χ4n) is 4.04. The Morgan fingerprint density at radius 2 is 2.00 bits per heavy atom. The van der Waals surface area contributed by atoms with Crippen molar-refractivity contribution in [3.05, 3.63) is 88.3 Å². The highest BCUT2D eigenvalue weighted by atomic mass is 35.5. The number of amides is 1. The smallest absolute Gasteiger partial charge is 0.257 e. The number of hydrogen-bond donors (Lipinski definition) is 1. The van der Waals surface area contributed by atoms with Gasteiger partial charge in [0, 0.05) is 44.3 Å². The molecule has 0 radical (unpaired) electrons. The van der Waals surface area contributed by atoms with Crippen LogP contribution in [0.3, 0.4) is 0 Å². The molecule has 9 heteroatoms. The van der Waals surface area contributed by atoms with Crippen LogP contribution in [0.4, 0.5) is 10.2 Å². The maximum Gasteiger partial charge on any atom is 0.257 e. The van der Waals surface area contributed by atoms with E-state index in [1.165, 1.54) is 12.1 Å². The van der Waals surface area contributed by atoms with Gasteiger partial charge in [-0.15, -0.1) is 0 Å². The summed E-state index contributed by atoms with van der Waals surface area (Å²) in [6.07, 6.45) is 2.04. The van der Waals surface area contributed by atoms with Crippen molar-refractivity contribution in [3.63, 3.8) is 0 Å². The van der Waals surface area contributed by atoms with E-state index in [0.717, 1.165) is 17.7 Å². The van der Waals surface area contributed by atoms with Gasteiger partial charge in [0.1, 0.15) is 23.5 Å². The Balaban J connectivity index is 0.00000342. The van der Waals surface area contributed by atoms with Gasteiger partial charge >= 0.3 is 0 Å². The minimum Gasteiger partial charge on any atom is -0.486 e. The van der Waals surface area contributed by atoms with Crippen LogP contribution in [-0.4, -0.2) is 49.5 Å². The molecule has 1 aliphatic heterocycles. The fourth-order valence-corrected chi connectivity index (χ4v) is 4.27. The number of likely N-dealkylation sites (N-methyl/N-ethyl adjacent to an activating group) is 1. The van der Waals surface area contributed by atoms with Gasteiger partial charge in [-0.05, 0) is 61.1 Å². The van der Waals surface area contributed by atoms with Gasteiger partial charge in [0.25, 0.3) is 5.91 Å². The normalized spacial score (nSPS) is 14.1. The zero-order valence-corrected chi connectivity index (χ0v) is 21.6. The first kappa shape index (κ1) is 26.8. The van der Waals surface area contributed by atoms with E-state index in [-0.39, 0.29) is 31.3 Å². The molecule has 6 nitrogen and oxygen atoms in total. The second-order valence-corrected chi connectivity index (χ2v) is 8.74. The van der Waals surface area contributed by atoms with Crippen molar-refractivity contribution < 1.29 is 13.9 Å². The number of anilines is 1. The molecular formula is C26H30ClFN4O2S. The number of nitrogens with zero attached hydrogens (tertiary/aromatic N) is 3. The molecule has 35 heavy (non-hydrogen) atoms. The van der Waals surface area contributed by atoms with Gasteiger partial charge in [0.2, 0.25) is 0 Å². The number of nitrogens with one attached hydrogen (secondary N) is 1. The van der Waals surface area contributed by atoms with Crippen LogP contribution in [-0.2, 0) is 6.54 Å². The quantitative estimate of drug-likeness (QED) is 0.465. The molecule has 0 saturated carbocycles. The van der Waals surface area contributed by atoms with Crippen molar-refractivity contribution in [1.29, 1.82) is 0 Å². The summed E-state index contributed by atoms with van der Waals surface area (Å²) < 4.78 is 20.0. The van der Waals surface area contributed by atoms with Gasteiger partial charge in [-0.3, -0.25) is 4.79 Å². The lowest BCUT2D eigenvalue weighted by Crippen LogP contribution is -2.33. The molecule has 0 fully saturated rings. The molecule has 0 saturated heterocycles. The minimum atomic E-state index is -0.322. The lowest BCUT2D eigenvalue weighted by Gasteiger charge is -2.23. The number of benzene rings is 2. The highest BCUT2D eigenvalue weighted by Gasteiger charge is 2.26. The van der Waals surface area contributed by atoms with E-state index in [4.69, 9.17) is 16.3 Å². The van der Waals surface area contributed by atoms with Crippen molar-refractivity contribution in [2.75, 3.05) is 38.6 Å². The Bertz CT molecular complexity index is 1170. The molecule has 1 N–H and O–H groups in total. The molecule has 3 aromatic rings. The average Bonchev–Trinajstić information content (AvgIpc) is 2.95. The van der Waals surface area contributed by atoms with Crippen LogP contribution < -0.4 is 15.0 Å². The molecule has 1 atom stereocenters. The van der Waals surface area contributed by atoms with Crippen LogP contribution in [0.1, 0.15) is 34.0 Å². The summed E-state index contributed by atoms with van der Waals surface area (Å²) in [6.45, 7) is 2.34. The Labute approximate surface area is 217 Å². The predicted octanol–water partition coefficient (Wildman–Crippen LogP) is 4.81. The summed E-state index contributed by atoms with van der Waals surface area (Å²) in [5.74, 6) is 0.918. The van der Waals surface area contributed by atoms with Crippen LogP contribution in [0.5, 0.6) is 5.75 Å². The van der Waals surface area contributed by atoms with E-state index >= 15 is 0 Å². The van der Waals surface area contributed by atoms with Gasteiger partial charge < -0.3 is 19.9 Å². The summed E-state index contributed by atoms with van der Waals surface area (Å²) >= 11 is 6.61. The Hall–Kier alpha value is -2.81. The highest BCUT2D eigenvalue weighted by Crippen LogP contribution is 2.30. The Morgan fingerprint density at radius 1 is 1.17 bits per heavy atom. The number of rotatable bonds is 8. The van der Waals surface area contributed by atoms with E-state index in [1.54, 1.807) is 35.4 Å². The molecule has 1 aliphatic rings. The summed E-state index contributed by atoms with van der Waals surface area (Å²) in [6, 6.07) is 15.5. The third-order valence-corrected chi connectivity index (χ3v) is 6.26. The van der Waals surface area contributed by atoms with Crippen LogP contribution in [0.25, 0.3) is 0 Å². The van der Waals surface area contributed by atoms with Crippen LogP contribution in [0.2, 0.25) is 5.02 Å². The fraction of sp³-hybridized carbons (Fsp3) is 0.308. The molecular weight excluding hydrogens is 487 g/mol. The van der Waals surface area contributed by atoms with Crippen molar-refractivity contribution >= 4 is 36.8 Å². The van der Waals surface area contributed by atoms with Crippen LogP contribution in [0, 0.1) is 5.82 Å². The molecule has 2 heterocycles. The first-order chi connectivity index (χ1) is 16.5. The van der Waals surface area contributed by atoms with Crippen molar-refractivity contribution in [1.82, 2.24) is 15.2 Å². The Morgan fingerprint density at radius 3 is 2.74 bits per heavy atom. The van der Waals surface area contributed by atoms with Crippen molar-refractivity contribution in [2.45, 2.75) is 19.1 Å². The number of carbonyl (C=O) groups is 1. The summed E-state index contributed by atoms with van der Waals surface area (Å²) in [5.41, 5.74) is 2.18. The van der Waals surface area contributed by atoms with E-state index in [9.17, 15) is 9.18 Å². The highest BCUT2D eigenvalue weighted by molar-refractivity contribution is 7.59. The SMILES string of the molecule is CNCC[C@H](Oc1ccc(CN2CCN(C)c3ncccc3C2=O)c(Cl)c1)c1cccc(F)c1.S. The largest absolute Gasteiger partial charge is 0.486 e. The first-order valence-electron chi connectivity index (χ1n) is 11.3. The molecule has 2 aromatic carbocycles. The van der Waals surface area contributed by atoms with Gasteiger partial charge in [-0.25, -0.2) is 9.37 Å². The van der Waals surface area contributed by atoms with Gasteiger partial charge in [-0.2, -0.15) is 13.5 Å². The zero-order valence-electron chi connectivity index (χ0n) is 19.8. The van der Waals surface area contributed by atoms with E-state index < -0.39 is 0 Å². The van der Waals surface area contributed by atoms with Crippen molar-refractivity contribution in [2.24, 2.45) is 0 Å². The second kappa shape index (κ2) is 12.2. The summed E-state index contributed by atoms with van der Waals surface area (Å²) in [5, 5.41) is 3.62. The van der Waals surface area contributed by atoms with Gasteiger partial charge in [0.05, 0.1) is 5.56 Å². The molecule has 0 aliphatic carbocycles. The number of hydrogen-bond acceptors (Lipinski definition) is 5. The third-order valence-electron chi connectivity index (χ3n) is 5.91. The van der Waals surface area contributed by atoms with Crippen LogP contribution >= 0.6 is 25.1 Å². The zero-order chi connectivity index (χ0) is 24.1. The molecule has 0 spiro atoms. The standard InChI is InChI=1S/C26H28ClFN4O2.H2S/c1-29-12-10-24(18-5-3-6-20(28)15-18)34-21-9-8-19(23(27)16-21)17-32-14-13-31(2)25-22(26(32)33)7-4-11-30-25;/h3-9,11,15-16,24,29H,10,12-14,17H2,1-2H3;1H2/t24-;/m0./s1. The first-order valence-corrected chi connectivity index (χ1v) is 11.6. The summed E-state index contributed by atoms with van der Waals surface area (Å²) in [7, 11) is 3.80. The number of halogens is 2. The van der Waals surface area contributed by atoms with Gasteiger partial charge in [0.15, 0.2) is 0 Å². The molecule has 0 bridgehead atoms. The van der Waals surface area contributed by atoms with Crippen molar-refractivity contribution in [3.8, 4) is 5.75 Å². The molecule has 1 amide bonds. The number of carbonyl (C=O) groups excluding carboxylic acids is 1. The van der Waals surface area contributed by atoms with E-state index in [1.807, 2.05) is 37.2 Å². The van der Waals surface area contributed by atoms with E-state index in [2.05, 4.69) is 10.3 Å². The summed E-state index contributed by atoms with van der Waals surface area (Å²) in [4.78, 5) is 21.3. The van der Waals surface area contributed by atoms with E-state index in [0.29, 0.717) is 48.2 Å². The van der Waals surface area contributed by atoms with Crippen LogP contribution in [0.15, 0.2) is 60.8 Å². The molecule has 0 unspecified atom stereocenters. The lowest BCUT2D eigenvalue weighted by atomic mass is 10.1. The second-order valence-electron chi connectivity index (χ2n) is 8.33. The molecule has 4 rings (SSSR count). The lowest BCUT2D eigenvalue weighted by molar-refractivity contribution is 0.0754.